The SMILES string of the molecule is COc1cccc2c1CN(C(=O)C(F)C(F)(F)F)CCO2. The number of hydrogen-bond acceptors (Lipinski definition) is 3. The van der Waals surface area contributed by atoms with Crippen molar-refractivity contribution < 1.29 is 31.8 Å². The summed E-state index contributed by atoms with van der Waals surface area (Å²) < 4.78 is 60.6. The third-order valence-electron chi connectivity index (χ3n) is 3.09. The normalized spacial score (nSPS) is 16.5. The number of carbonyl (C=O) groups excluding carboxylic acids is 1. The molecule has 1 amide bonds. The van der Waals surface area contributed by atoms with Crippen LogP contribution in [-0.2, 0) is 11.3 Å². The van der Waals surface area contributed by atoms with Crippen LogP contribution in [0.4, 0.5) is 17.6 Å². The molecule has 1 aromatic carbocycles. The maximum absolute atomic E-state index is 13.2. The van der Waals surface area contributed by atoms with Gasteiger partial charge in [-0.2, -0.15) is 13.2 Å². The summed E-state index contributed by atoms with van der Waals surface area (Å²) in [6.45, 7) is -0.349. The molecule has 21 heavy (non-hydrogen) atoms. The van der Waals surface area contributed by atoms with Gasteiger partial charge in [-0.25, -0.2) is 4.39 Å². The largest absolute Gasteiger partial charge is 0.496 e. The van der Waals surface area contributed by atoms with Crippen molar-refractivity contribution in [3.05, 3.63) is 23.8 Å². The Labute approximate surface area is 118 Å². The van der Waals surface area contributed by atoms with E-state index in [0.717, 1.165) is 4.90 Å². The molecule has 4 nitrogen and oxygen atoms in total. The van der Waals surface area contributed by atoms with E-state index in [1.165, 1.54) is 7.11 Å². The molecule has 1 atom stereocenters. The van der Waals surface area contributed by atoms with Crippen LogP contribution in [-0.4, -0.2) is 43.4 Å². The van der Waals surface area contributed by atoms with Crippen molar-refractivity contribution in [2.75, 3.05) is 20.3 Å². The summed E-state index contributed by atoms with van der Waals surface area (Å²) in [7, 11) is 1.39. The molecule has 116 valence electrons. The summed E-state index contributed by atoms with van der Waals surface area (Å²) >= 11 is 0. The van der Waals surface area contributed by atoms with Crippen LogP contribution in [0.2, 0.25) is 0 Å². The van der Waals surface area contributed by atoms with Crippen LogP contribution in [0.1, 0.15) is 5.56 Å². The summed E-state index contributed by atoms with van der Waals surface area (Å²) in [5.41, 5.74) is 0.417. The molecule has 1 aromatic rings. The van der Waals surface area contributed by atoms with Gasteiger partial charge in [0.2, 0.25) is 0 Å². The lowest BCUT2D eigenvalue weighted by molar-refractivity contribution is -0.193. The van der Waals surface area contributed by atoms with Gasteiger partial charge in [-0.3, -0.25) is 4.79 Å². The maximum Gasteiger partial charge on any atom is 0.428 e. The first-order chi connectivity index (χ1) is 9.84. The van der Waals surface area contributed by atoms with Crippen LogP contribution >= 0.6 is 0 Å². The molecule has 1 unspecified atom stereocenters. The van der Waals surface area contributed by atoms with Gasteiger partial charge in [-0.15, -0.1) is 0 Å². The minimum absolute atomic E-state index is 0.0174. The van der Waals surface area contributed by atoms with Crippen molar-refractivity contribution in [2.45, 2.75) is 18.9 Å². The second kappa shape index (κ2) is 5.79. The average Bonchev–Trinajstić information content (AvgIpc) is 2.66. The first-order valence-corrected chi connectivity index (χ1v) is 6.13. The number of nitrogens with zero attached hydrogens (tertiary/aromatic N) is 1. The molecule has 0 bridgehead atoms. The van der Waals surface area contributed by atoms with Gasteiger partial charge < -0.3 is 14.4 Å². The number of carbonyl (C=O) groups is 1. The van der Waals surface area contributed by atoms with E-state index >= 15 is 0 Å². The molecular weight excluding hydrogens is 294 g/mol. The van der Waals surface area contributed by atoms with Crippen LogP contribution in [0.3, 0.4) is 0 Å². The van der Waals surface area contributed by atoms with Gasteiger partial charge >= 0.3 is 6.18 Å². The highest BCUT2D eigenvalue weighted by atomic mass is 19.4. The van der Waals surface area contributed by atoms with Crippen molar-refractivity contribution in [1.82, 2.24) is 4.90 Å². The number of ether oxygens (including phenoxy) is 2. The van der Waals surface area contributed by atoms with Gasteiger partial charge in [0.1, 0.15) is 18.1 Å². The van der Waals surface area contributed by atoms with Crippen LogP contribution in [0.25, 0.3) is 0 Å². The van der Waals surface area contributed by atoms with Crippen molar-refractivity contribution in [2.24, 2.45) is 0 Å². The molecule has 0 saturated heterocycles. The van der Waals surface area contributed by atoms with Gasteiger partial charge in [-0.1, -0.05) is 6.07 Å². The van der Waals surface area contributed by atoms with Gasteiger partial charge in [0, 0.05) is 0 Å². The van der Waals surface area contributed by atoms with Crippen molar-refractivity contribution in [1.29, 1.82) is 0 Å². The lowest BCUT2D eigenvalue weighted by Gasteiger charge is -2.23. The van der Waals surface area contributed by atoms with E-state index in [4.69, 9.17) is 9.47 Å². The molecule has 1 aliphatic rings. The first kappa shape index (κ1) is 15.4. The number of amides is 1. The van der Waals surface area contributed by atoms with Gasteiger partial charge in [0.25, 0.3) is 12.1 Å². The van der Waals surface area contributed by atoms with E-state index in [1.807, 2.05) is 0 Å². The van der Waals surface area contributed by atoms with Gasteiger partial charge in [0.15, 0.2) is 0 Å². The minimum Gasteiger partial charge on any atom is -0.496 e. The molecule has 8 heteroatoms. The molecule has 2 rings (SSSR count). The number of methoxy groups -OCH3 is 1. The van der Waals surface area contributed by atoms with Crippen LogP contribution in [0, 0.1) is 0 Å². The van der Waals surface area contributed by atoms with E-state index < -0.39 is 18.3 Å². The highest BCUT2D eigenvalue weighted by Gasteiger charge is 2.47. The zero-order chi connectivity index (χ0) is 15.6. The number of halogens is 4. The Bertz CT molecular complexity index is 533. The lowest BCUT2D eigenvalue weighted by Crippen LogP contribution is -2.44. The fourth-order valence-electron chi connectivity index (χ4n) is 2.05. The summed E-state index contributed by atoms with van der Waals surface area (Å²) in [5.74, 6) is -0.841. The zero-order valence-electron chi connectivity index (χ0n) is 11.1. The molecule has 0 spiro atoms. The van der Waals surface area contributed by atoms with Crippen molar-refractivity contribution in [3.63, 3.8) is 0 Å². The van der Waals surface area contributed by atoms with Crippen molar-refractivity contribution in [3.8, 4) is 11.5 Å². The standard InChI is InChI=1S/C13H13F4NO3/c1-20-9-3-2-4-10-8(9)7-18(5-6-21-10)12(19)11(14)13(15,16)17/h2-4,11H,5-7H2,1H3. The Morgan fingerprint density at radius 2 is 2.14 bits per heavy atom. The van der Waals surface area contributed by atoms with E-state index in [2.05, 4.69) is 0 Å². The summed E-state index contributed by atoms with van der Waals surface area (Å²) in [4.78, 5) is 12.4. The summed E-state index contributed by atoms with van der Waals surface area (Å²) in [6.07, 6.45) is -8.75. The third-order valence-corrected chi connectivity index (χ3v) is 3.09. The fraction of sp³-hybridized carbons (Fsp3) is 0.462. The summed E-state index contributed by atoms with van der Waals surface area (Å²) in [6, 6.07) is 4.86. The number of rotatable bonds is 2. The predicted octanol–water partition coefficient (Wildman–Crippen LogP) is 2.32. The van der Waals surface area contributed by atoms with E-state index in [1.54, 1.807) is 18.2 Å². The van der Waals surface area contributed by atoms with Crippen LogP contribution in [0.5, 0.6) is 11.5 Å². The molecule has 0 aliphatic carbocycles. The molecule has 0 radical (unpaired) electrons. The van der Waals surface area contributed by atoms with Crippen LogP contribution < -0.4 is 9.47 Å². The first-order valence-electron chi connectivity index (χ1n) is 6.13. The molecule has 0 fully saturated rings. The molecule has 1 heterocycles. The number of alkyl halides is 4. The fourth-order valence-corrected chi connectivity index (χ4v) is 2.05. The highest BCUT2D eigenvalue weighted by Crippen LogP contribution is 2.32. The third kappa shape index (κ3) is 3.20. The molecule has 1 aliphatic heterocycles. The molecular formula is C13H13F4NO3. The minimum atomic E-state index is -5.21. The smallest absolute Gasteiger partial charge is 0.428 e. The zero-order valence-corrected chi connectivity index (χ0v) is 11.1. The van der Waals surface area contributed by atoms with E-state index in [-0.39, 0.29) is 19.7 Å². The second-order valence-electron chi connectivity index (χ2n) is 4.45. The Balaban J connectivity index is 2.26. The number of hydrogen-bond donors (Lipinski definition) is 0. The number of fused-ring (bicyclic) bond motifs is 1. The number of benzene rings is 1. The topological polar surface area (TPSA) is 38.8 Å². The highest BCUT2D eigenvalue weighted by molar-refractivity contribution is 5.82. The maximum atomic E-state index is 13.2. The Morgan fingerprint density at radius 1 is 1.43 bits per heavy atom. The lowest BCUT2D eigenvalue weighted by atomic mass is 10.1. The van der Waals surface area contributed by atoms with Gasteiger partial charge in [-0.05, 0) is 12.1 Å². The average molecular weight is 307 g/mol. The quantitative estimate of drug-likeness (QED) is 0.787. The van der Waals surface area contributed by atoms with Gasteiger partial charge in [0.05, 0.1) is 25.8 Å². The Kier molecular flexibility index (Phi) is 4.24. The molecule has 0 N–H and O–H groups in total. The monoisotopic (exact) mass is 307 g/mol. The van der Waals surface area contributed by atoms with E-state index in [0.29, 0.717) is 17.1 Å². The second-order valence-corrected chi connectivity index (χ2v) is 4.45. The predicted molar refractivity (Wildman–Crippen MR) is 64.9 cm³/mol. The van der Waals surface area contributed by atoms with Crippen LogP contribution in [0.15, 0.2) is 18.2 Å². The van der Waals surface area contributed by atoms with E-state index in [9.17, 15) is 22.4 Å². The molecule has 0 aromatic heterocycles. The Morgan fingerprint density at radius 3 is 2.76 bits per heavy atom. The molecule has 0 saturated carbocycles. The van der Waals surface area contributed by atoms with Crippen molar-refractivity contribution >= 4 is 5.91 Å². The summed E-state index contributed by atoms with van der Waals surface area (Å²) in [5, 5.41) is 0. The Hall–Kier alpha value is -1.99.